The third-order valence-corrected chi connectivity index (χ3v) is 5.04. The number of nitrogens with one attached hydrogen (secondary N) is 1. The monoisotopic (exact) mass is 429 g/mol. The van der Waals surface area contributed by atoms with Gasteiger partial charge in [0, 0.05) is 19.8 Å². The standard InChI is InChI=1S/C21H17Cl2N3O3/c1-25(2)14-11-9-13(10-12-14)5-3-6-15-19(27)24-21(29)26(20(15)28)17-8-4-7-16(22)18(17)23/h3-12H,1-2H3,(H,24,27,29)/b5-3+,15-6+. The summed E-state index contributed by atoms with van der Waals surface area (Å²) in [5.41, 5.74) is 1.85. The Balaban J connectivity index is 1.88. The number of hydrogen-bond donors (Lipinski definition) is 1. The molecule has 1 saturated heterocycles. The molecule has 1 heterocycles. The zero-order chi connectivity index (χ0) is 21.1. The van der Waals surface area contributed by atoms with Crippen molar-refractivity contribution >= 4 is 58.5 Å². The first-order valence-corrected chi connectivity index (χ1v) is 9.34. The van der Waals surface area contributed by atoms with Crippen LogP contribution in [0.15, 0.2) is 60.2 Å². The van der Waals surface area contributed by atoms with Gasteiger partial charge in [0.25, 0.3) is 11.8 Å². The summed E-state index contributed by atoms with van der Waals surface area (Å²) < 4.78 is 0. The lowest BCUT2D eigenvalue weighted by Crippen LogP contribution is -2.54. The summed E-state index contributed by atoms with van der Waals surface area (Å²) in [5, 5.41) is 2.37. The van der Waals surface area contributed by atoms with Crippen LogP contribution in [-0.4, -0.2) is 31.9 Å². The summed E-state index contributed by atoms with van der Waals surface area (Å²) in [6, 6.07) is 11.4. The molecule has 4 amide bonds. The van der Waals surface area contributed by atoms with E-state index >= 15 is 0 Å². The Morgan fingerprint density at radius 1 is 1.00 bits per heavy atom. The van der Waals surface area contributed by atoms with Crippen LogP contribution in [0.25, 0.3) is 6.08 Å². The minimum atomic E-state index is -0.885. The summed E-state index contributed by atoms with van der Waals surface area (Å²) in [6.45, 7) is 0. The second kappa shape index (κ2) is 8.51. The number of halogens is 2. The first-order chi connectivity index (χ1) is 13.8. The molecule has 0 spiro atoms. The van der Waals surface area contributed by atoms with Crippen LogP contribution in [0.5, 0.6) is 0 Å². The number of nitrogens with zero attached hydrogens (tertiary/aromatic N) is 2. The van der Waals surface area contributed by atoms with Crippen LogP contribution in [0, 0.1) is 0 Å². The number of carbonyl (C=O) groups excluding carboxylic acids is 3. The van der Waals surface area contributed by atoms with Crippen LogP contribution >= 0.6 is 23.2 Å². The molecule has 2 aromatic carbocycles. The summed E-state index contributed by atoms with van der Waals surface area (Å²) in [5.74, 6) is -1.56. The van der Waals surface area contributed by atoms with E-state index < -0.39 is 17.8 Å². The fourth-order valence-electron chi connectivity index (χ4n) is 2.70. The SMILES string of the molecule is CN(C)c1ccc(/C=C/C=C2\C(=O)NC(=O)N(c3cccc(Cl)c3Cl)C2=O)cc1. The Kier molecular flexibility index (Phi) is 6.06. The lowest BCUT2D eigenvalue weighted by Gasteiger charge is -2.27. The highest BCUT2D eigenvalue weighted by molar-refractivity contribution is 6.46. The largest absolute Gasteiger partial charge is 0.378 e. The number of benzene rings is 2. The molecule has 0 bridgehead atoms. The summed E-state index contributed by atoms with van der Waals surface area (Å²) >= 11 is 12.1. The maximum Gasteiger partial charge on any atom is 0.336 e. The van der Waals surface area contributed by atoms with Crippen molar-refractivity contribution in [1.29, 1.82) is 0 Å². The average molecular weight is 430 g/mol. The molecule has 1 aliphatic heterocycles. The van der Waals surface area contributed by atoms with Crippen LogP contribution in [0.3, 0.4) is 0 Å². The lowest BCUT2D eigenvalue weighted by molar-refractivity contribution is -0.122. The molecule has 6 nitrogen and oxygen atoms in total. The summed E-state index contributed by atoms with van der Waals surface area (Å²) in [7, 11) is 3.89. The van der Waals surface area contributed by atoms with E-state index in [1.54, 1.807) is 18.2 Å². The van der Waals surface area contributed by atoms with E-state index in [9.17, 15) is 14.4 Å². The Bertz CT molecular complexity index is 1040. The number of imide groups is 2. The summed E-state index contributed by atoms with van der Waals surface area (Å²) in [4.78, 5) is 40.0. The normalized spacial score (nSPS) is 15.9. The number of barbiturate groups is 1. The first-order valence-electron chi connectivity index (χ1n) is 8.59. The number of urea groups is 1. The molecule has 0 radical (unpaired) electrons. The maximum atomic E-state index is 12.8. The van der Waals surface area contributed by atoms with Gasteiger partial charge in [-0.2, -0.15) is 0 Å². The summed E-state index contributed by atoms with van der Waals surface area (Å²) in [6.07, 6.45) is 4.68. The van der Waals surface area contributed by atoms with Crippen molar-refractivity contribution in [2.24, 2.45) is 0 Å². The predicted molar refractivity (Wildman–Crippen MR) is 115 cm³/mol. The molecule has 0 atom stereocenters. The molecule has 148 valence electrons. The second-order valence-corrected chi connectivity index (χ2v) is 7.18. The third kappa shape index (κ3) is 4.34. The minimum absolute atomic E-state index is 0.0443. The molecule has 3 rings (SSSR count). The maximum absolute atomic E-state index is 12.8. The van der Waals surface area contributed by atoms with Gasteiger partial charge in [-0.05, 0) is 35.9 Å². The molecular weight excluding hydrogens is 413 g/mol. The van der Waals surface area contributed by atoms with Crippen molar-refractivity contribution in [3.63, 3.8) is 0 Å². The van der Waals surface area contributed by atoms with E-state index in [-0.39, 0.29) is 21.3 Å². The molecule has 8 heteroatoms. The number of hydrogen-bond acceptors (Lipinski definition) is 4. The zero-order valence-electron chi connectivity index (χ0n) is 15.6. The molecule has 29 heavy (non-hydrogen) atoms. The van der Waals surface area contributed by atoms with Gasteiger partial charge in [0.1, 0.15) is 5.57 Å². The van der Waals surface area contributed by atoms with E-state index in [2.05, 4.69) is 5.32 Å². The van der Waals surface area contributed by atoms with Crippen LogP contribution in [0.4, 0.5) is 16.2 Å². The van der Waals surface area contributed by atoms with Crippen molar-refractivity contribution in [2.45, 2.75) is 0 Å². The van der Waals surface area contributed by atoms with Gasteiger partial charge in [0.2, 0.25) is 0 Å². The van der Waals surface area contributed by atoms with Crippen molar-refractivity contribution in [1.82, 2.24) is 5.32 Å². The Labute approximate surface area is 178 Å². The topological polar surface area (TPSA) is 69.7 Å². The molecule has 0 aromatic heterocycles. The van der Waals surface area contributed by atoms with Gasteiger partial charge in [-0.25, -0.2) is 9.69 Å². The van der Waals surface area contributed by atoms with Gasteiger partial charge >= 0.3 is 6.03 Å². The van der Waals surface area contributed by atoms with E-state index in [1.807, 2.05) is 43.3 Å². The van der Waals surface area contributed by atoms with Crippen LogP contribution in [0.1, 0.15) is 5.56 Å². The molecule has 0 unspecified atom stereocenters. The van der Waals surface area contributed by atoms with Gasteiger partial charge in [-0.3, -0.25) is 14.9 Å². The fraction of sp³-hybridized carbons (Fsp3) is 0.0952. The number of allylic oxidation sites excluding steroid dienone is 2. The highest BCUT2D eigenvalue weighted by atomic mass is 35.5. The first kappa shape index (κ1) is 20.6. The Morgan fingerprint density at radius 2 is 1.69 bits per heavy atom. The van der Waals surface area contributed by atoms with Gasteiger partial charge in [-0.1, -0.05) is 53.6 Å². The van der Waals surface area contributed by atoms with E-state index in [4.69, 9.17) is 23.2 Å². The molecule has 1 fully saturated rings. The van der Waals surface area contributed by atoms with Crippen molar-refractivity contribution in [2.75, 3.05) is 23.9 Å². The average Bonchev–Trinajstić information content (AvgIpc) is 2.68. The molecule has 0 aliphatic carbocycles. The van der Waals surface area contributed by atoms with E-state index in [1.165, 1.54) is 18.2 Å². The molecule has 2 aromatic rings. The Hall–Kier alpha value is -3.09. The predicted octanol–water partition coefficient (Wildman–Crippen LogP) is 4.28. The van der Waals surface area contributed by atoms with Crippen LogP contribution < -0.4 is 15.1 Å². The van der Waals surface area contributed by atoms with Crippen LogP contribution in [-0.2, 0) is 9.59 Å². The molecule has 0 saturated carbocycles. The molecule has 1 N–H and O–H groups in total. The highest BCUT2D eigenvalue weighted by Gasteiger charge is 2.37. The third-order valence-electron chi connectivity index (χ3n) is 4.23. The fourth-order valence-corrected chi connectivity index (χ4v) is 3.08. The second-order valence-electron chi connectivity index (χ2n) is 6.40. The van der Waals surface area contributed by atoms with Crippen molar-refractivity contribution < 1.29 is 14.4 Å². The number of carbonyl (C=O) groups is 3. The highest BCUT2D eigenvalue weighted by Crippen LogP contribution is 2.34. The van der Waals surface area contributed by atoms with E-state index in [0.717, 1.165) is 16.2 Å². The van der Waals surface area contributed by atoms with Gasteiger partial charge < -0.3 is 4.90 Å². The quantitative estimate of drug-likeness (QED) is 0.581. The van der Waals surface area contributed by atoms with Gasteiger partial charge in [0.05, 0.1) is 15.7 Å². The van der Waals surface area contributed by atoms with Crippen LogP contribution in [0.2, 0.25) is 10.0 Å². The van der Waals surface area contributed by atoms with Crippen molar-refractivity contribution in [3.8, 4) is 0 Å². The van der Waals surface area contributed by atoms with E-state index in [0.29, 0.717) is 0 Å². The number of anilines is 2. The number of rotatable bonds is 4. The minimum Gasteiger partial charge on any atom is -0.378 e. The molecular formula is C21H17Cl2N3O3. The van der Waals surface area contributed by atoms with Crippen molar-refractivity contribution in [3.05, 3.63) is 75.8 Å². The number of amides is 4. The lowest BCUT2D eigenvalue weighted by atomic mass is 10.1. The smallest absolute Gasteiger partial charge is 0.336 e. The Morgan fingerprint density at radius 3 is 2.34 bits per heavy atom. The van der Waals surface area contributed by atoms with Gasteiger partial charge in [0.15, 0.2) is 0 Å². The van der Waals surface area contributed by atoms with Gasteiger partial charge in [-0.15, -0.1) is 0 Å². The molecule has 1 aliphatic rings. The zero-order valence-corrected chi connectivity index (χ0v) is 17.2.